The van der Waals surface area contributed by atoms with Gasteiger partial charge >= 0.3 is 0 Å². The minimum atomic E-state index is 0. The molecule has 138 valence electrons. The topological polar surface area (TPSA) is 54.2 Å². The number of hydrogen-bond acceptors (Lipinski definition) is 2. The summed E-state index contributed by atoms with van der Waals surface area (Å²) in [5.74, 6) is 0.914. The minimum absolute atomic E-state index is 0. The fourth-order valence-electron chi connectivity index (χ4n) is 2.56. The summed E-state index contributed by atoms with van der Waals surface area (Å²) in [6, 6.07) is 10.6. The largest absolute Gasteiger partial charge is 0.357 e. The van der Waals surface area contributed by atoms with Crippen molar-refractivity contribution in [2.75, 3.05) is 19.6 Å². The predicted octanol–water partition coefficient (Wildman–Crippen LogP) is 3.16. The van der Waals surface area contributed by atoms with E-state index in [4.69, 9.17) is 0 Å². The van der Waals surface area contributed by atoms with Crippen LogP contribution in [-0.2, 0) is 19.9 Å². The second-order valence-electron chi connectivity index (χ2n) is 5.90. The monoisotopic (exact) mass is 455 g/mol. The molecule has 0 unspecified atom stereocenters. The van der Waals surface area contributed by atoms with E-state index in [9.17, 15) is 0 Å². The van der Waals surface area contributed by atoms with Crippen molar-refractivity contribution in [1.82, 2.24) is 20.4 Å². The number of guanidine groups is 1. The van der Waals surface area contributed by atoms with E-state index in [-0.39, 0.29) is 24.0 Å². The molecule has 0 aliphatic heterocycles. The zero-order valence-corrected chi connectivity index (χ0v) is 17.6. The number of hydrogen-bond donors (Lipinski definition) is 2. The van der Waals surface area contributed by atoms with Gasteiger partial charge in [0, 0.05) is 32.9 Å². The number of nitrogens with one attached hydrogen (secondary N) is 2. The summed E-state index contributed by atoms with van der Waals surface area (Å²) in [7, 11) is 1.95. The quantitative estimate of drug-likeness (QED) is 0.264. The van der Waals surface area contributed by atoms with E-state index in [1.807, 2.05) is 17.9 Å². The molecule has 1 aromatic heterocycles. The highest BCUT2D eigenvalue weighted by atomic mass is 127. The van der Waals surface area contributed by atoms with E-state index in [0.717, 1.165) is 51.3 Å². The van der Waals surface area contributed by atoms with Gasteiger partial charge in [-0.25, -0.2) is 0 Å². The molecule has 2 N–H and O–H groups in total. The fourth-order valence-corrected chi connectivity index (χ4v) is 2.56. The summed E-state index contributed by atoms with van der Waals surface area (Å²) in [4.78, 5) is 4.65. The van der Waals surface area contributed by atoms with Gasteiger partial charge in [0.15, 0.2) is 5.96 Å². The van der Waals surface area contributed by atoms with Crippen molar-refractivity contribution >= 4 is 29.9 Å². The molecule has 1 aromatic carbocycles. The van der Waals surface area contributed by atoms with Crippen LogP contribution in [-0.4, -0.2) is 35.4 Å². The maximum absolute atomic E-state index is 4.65. The minimum Gasteiger partial charge on any atom is -0.357 e. The fraction of sp³-hybridized carbons (Fsp3) is 0.474. The van der Waals surface area contributed by atoms with Crippen molar-refractivity contribution in [1.29, 1.82) is 0 Å². The van der Waals surface area contributed by atoms with Gasteiger partial charge in [0.05, 0.1) is 6.20 Å². The first-order valence-electron chi connectivity index (χ1n) is 8.81. The Morgan fingerprint density at radius 2 is 1.84 bits per heavy atom. The maximum atomic E-state index is 4.65. The van der Waals surface area contributed by atoms with Gasteiger partial charge in [-0.1, -0.05) is 30.3 Å². The lowest BCUT2D eigenvalue weighted by Crippen LogP contribution is -2.38. The molecule has 0 saturated heterocycles. The van der Waals surface area contributed by atoms with Crippen LogP contribution in [0.5, 0.6) is 0 Å². The average Bonchev–Trinajstić information content (AvgIpc) is 3.01. The predicted molar refractivity (Wildman–Crippen MR) is 116 cm³/mol. The Labute approximate surface area is 168 Å². The molecular weight excluding hydrogens is 425 g/mol. The SMILES string of the molecule is CCNC(=NCCCc1cnn(C)c1)NCCCc1ccccc1.I. The lowest BCUT2D eigenvalue weighted by Gasteiger charge is -2.11. The number of rotatable bonds is 9. The zero-order chi connectivity index (χ0) is 17.0. The molecular formula is C19H30IN5. The number of aliphatic imine (C=N–C) groups is 1. The van der Waals surface area contributed by atoms with Crippen molar-refractivity contribution in [2.24, 2.45) is 12.0 Å². The molecule has 5 nitrogen and oxygen atoms in total. The zero-order valence-electron chi connectivity index (χ0n) is 15.2. The molecule has 2 aromatic rings. The Morgan fingerprint density at radius 1 is 1.08 bits per heavy atom. The van der Waals surface area contributed by atoms with Gasteiger partial charge in [-0.2, -0.15) is 5.10 Å². The maximum Gasteiger partial charge on any atom is 0.191 e. The summed E-state index contributed by atoms with van der Waals surface area (Å²) in [6.07, 6.45) is 8.24. The molecule has 25 heavy (non-hydrogen) atoms. The Hall–Kier alpha value is -1.57. The van der Waals surface area contributed by atoms with Crippen molar-refractivity contribution in [2.45, 2.75) is 32.6 Å². The Morgan fingerprint density at radius 3 is 2.52 bits per heavy atom. The van der Waals surface area contributed by atoms with Crippen LogP contribution in [0.25, 0.3) is 0 Å². The van der Waals surface area contributed by atoms with E-state index in [1.54, 1.807) is 0 Å². The average molecular weight is 455 g/mol. The highest BCUT2D eigenvalue weighted by molar-refractivity contribution is 14.0. The molecule has 1 heterocycles. The molecule has 0 amide bonds. The summed E-state index contributed by atoms with van der Waals surface area (Å²) >= 11 is 0. The van der Waals surface area contributed by atoms with Gasteiger partial charge < -0.3 is 10.6 Å². The summed E-state index contributed by atoms with van der Waals surface area (Å²) in [6.45, 7) is 4.73. The lowest BCUT2D eigenvalue weighted by atomic mass is 10.1. The molecule has 0 atom stereocenters. The number of nitrogens with zero attached hydrogens (tertiary/aromatic N) is 3. The standard InChI is InChI=1S/C19H29N5.HI/c1-3-20-19(21-13-7-11-17-9-5-4-6-10-17)22-14-8-12-18-15-23-24(2)16-18;/h4-6,9-10,15-16H,3,7-8,11-14H2,1-2H3,(H2,20,21,22);1H. The van der Waals surface area contributed by atoms with Crippen LogP contribution in [0.2, 0.25) is 0 Å². The van der Waals surface area contributed by atoms with Crippen molar-refractivity contribution < 1.29 is 0 Å². The number of aromatic nitrogens is 2. The van der Waals surface area contributed by atoms with Gasteiger partial charge in [-0.05, 0) is 43.7 Å². The third-order valence-electron chi connectivity index (χ3n) is 3.77. The Kier molecular flexibility index (Phi) is 10.9. The second kappa shape index (κ2) is 12.7. The van der Waals surface area contributed by atoms with Gasteiger partial charge in [0.2, 0.25) is 0 Å². The number of benzene rings is 1. The summed E-state index contributed by atoms with van der Waals surface area (Å²) in [5.41, 5.74) is 2.66. The van der Waals surface area contributed by atoms with Gasteiger partial charge in [0.1, 0.15) is 0 Å². The number of halogens is 1. The third-order valence-corrected chi connectivity index (χ3v) is 3.77. The van der Waals surface area contributed by atoms with Gasteiger partial charge in [-0.15, -0.1) is 24.0 Å². The first-order chi connectivity index (χ1) is 11.8. The molecule has 0 aliphatic rings. The number of aryl methyl sites for hydroxylation is 3. The first kappa shape index (κ1) is 21.5. The molecule has 0 fully saturated rings. The second-order valence-corrected chi connectivity index (χ2v) is 5.90. The van der Waals surface area contributed by atoms with Gasteiger partial charge in [0.25, 0.3) is 0 Å². The molecule has 0 spiro atoms. The highest BCUT2D eigenvalue weighted by Gasteiger charge is 1.99. The van der Waals surface area contributed by atoms with Crippen molar-refractivity contribution in [3.05, 3.63) is 53.9 Å². The normalized spacial score (nSPS) is 11.0. The van der Waals surface area contributed by atoms with Crippen LogP contribution >= 0.6 is 24.0 Å². The van der Waals surface area contributed by atoms with Crippen molar-refractivity contribution in [3.63, 3.8) is 0 Å². The third kappa shape index (κ3) is 8.90. The smallest absolute Gasteiger partial charge is 0.191 e. The first-order valence-corrected chi connectivity index (χ1v) is 8.81. The van der Waals surface area contributed by atoms with E-state index in [2.05, 4.69) is 64.2 Å². The van der Waals surface area contributed by atoms with E-state index < -0.39 is 0 Å². The van der Waals surface area contributed by atoms with Crippen molar-refractivity contribution in [3.8, 4) is 0 Å². The lowest BCUT2D eigenvalue weighted by molar-refractivity contribution is 0.736. The highest BCUT2D eigenvalue weighted by Crippen LogP contribution is 2.02. The summed E-state index contributed by atoms with van der Waals surface area (Å²) < 4.78 is 1.84. The van der Waals surface area contributed by atoms with E-state index in [1.165, 1.54) is 11.1 Å². The Bertz CT molecular complexity index is 609. The summed E-state index contributed by atoms with van der Waals surface area (Å²) in [5, 5.41) is 10.9. The molecule has 0 bridgehead atoms. The van der Waals surface area contributed by atoms with E-state index in [0.29, 0.717) is 0 Å². The molecule has 0 radical (unpaired) electrons. The van der Waals surface area contributed by atoms with Crippen LogP contribution in [0.4, 0.5) is 0 Å². The molecule has 6 heteroatoms. The van der Waals surface area contributed by atoms with Crippen LogP contribution in [0.3, 0.4) is 0 Å². The van der Waals surface area contributed by atoms with Gasteiger partial charge in [-0.3, -0.25) is 9.67 Å². The van der Waals surface area contributed by atoms with Crippen LogP contribution < -0.4 is 10.6 Å². The van der Waals surface area contributed by atoms with Crippen LogP contribution in [0, 0.1) is 0 Å². The van der Waals surface area contributed by atoms with Crippen LogP contribution in [0.15, 0.2) is 47.7 Å². The van der Waals surface area contributed by atoms with E-state index >= 15 is 0 Å². The Balaban J connectivity index is 0.00000312. The molecule has 2 rings (SSSR count). The molecule has 0 saturated carbocycles. The van der Waals surface area contributed by atoms with Crippen LogP contribution in [0.1, 0.15) is 30.9 Å². The molecule has 0 aliphatic carbocycles.